The summed E-state index contributed by atoms with van der Waals surface area (Å²) >= 11 is 0. The summed E-state index contributed by atoms with van der Waals surface area (Å²) in [6.07, 6.45) is 0. The molecule has 0 amide bonds. The minimum Gasteiger partial charge on any atom is -0.382 e. The first-order valence-corrected chi connectivity index (χ1v) is 4.80. The fraction of sp³-hybridized carbons (Fsp3) is 0.250. The van der Waals surface area contributed by atoms with Gasteiger partial charge in [0.2, 0.25) is 0 Å². The Bertz CT molecular complexity index is 450. The third-order valence-electron chi connectivity index (χ3n) is 2.12. The monoisotopic (exact) mass is 187 g/mol. The Balaban J connectivity index is 2.35. The van der Waals surface area contributed by atoms with E-state index in [2.05, 4.69) is 19.2 Å². The second kappa shape index (κ2) is 3.29. The third kappa shape index (κ3) is 1.69. The van der Waals surface area contributed by atoms with Crippen molar-refractivity contribution in [3.8, 4) is 11.1 Å². The number of benzene rings is 1. The lowest BCUT2D eigenvalue weighted by molar-refractivity contribution is 0.900. The van der Waals surface area contributed by atoms with E-state index in [0.29, 0.717) is 6.04 Å². The average molecular weight is 187 g/mol. The Morgan fingerprint density at radius 1 is 1.14 bits per heavy atom. The van der Waals surface area contributed by atoms with Crippen molar-refractivity contribution in [2.24, 2.45) is 0 Å². The molecule has 2 aromatic carbocycles. The molecule has 0 fully saturated rings. The molecule has 0 aliphatic rings. The lowest BCUT2D eigenvalue weighted by Crippen LogP contribution is -2.10. The van der Waals surface area contributed by atoms with Crippen LogP contribution in [0.4, 0.5) is 5.69 Å². The quantitative estimate of drug-likeness (QED) is 0.799. The van der Waals surface area contributed by atoms with E-state index in [1.807, 2.05) is 24.3 Å². The second-order valence-electron chi connectivity index (χ2n) is 3.77. The number of hydrogen-bond donors (Lipinski definition) is 1. The standard InChI is InChI=1S/C12H13NO/c1-8(2)13-11-6-4-3-5-9(11)10-7-12(10)14/h3-8,13H,1-2H3. The molecule has 0 saturated heterocycles. The Morgan fingerprint density at radius 3 is 2.36 bits per heavy atom. The van der Waals surface area contributed by atoms with Crippen LogP contribution in [0.1, 0.15) is 13.8 Å². The smallest absolute Gasteiger partial charge is 0.187 e. The zero-order valence-electron chi connectivity index (χ0n) is 8.37. The maximum Gasteiger partial charge on any atom is 0.187 e. The molecule has 0 spiro atoms. The van der Waals surface area contributed by atoms with Crippen LogP contribution in [0.2, 0.25) is 0 Å². The van der Waals surface area contributed by atoms with Gasteiger partial charge in [0, 0.05) is 22.9 Å². The molecule has 2 heteroatoms. The zero-order valence-corrected chi connectivity index (χ0v) is 8.37. The van der Waals surface area contributed by atoms with Crippen molar-refractivity contribution in [3.05, 3.63) is 40.6 Å². The molecule has 0 heterocycles. The Kier molecular flexibility index (Phi) is 2.12. The van der Waals surface area contributed by atoms with Crippen LogP contribution in [0.3, 0.4) is 0 Å². The molecule has 72 valence electrons. The minimum absolute atomic E-state index is 0.156. The molecule has 0 aliphatic heterocycles. The van der Waals surface area contributed by atoms with E-state index in [-0.39, 0.29) is 5.43 Å². The van der Waals surface area contributed by atoms with E-state index < -0.39 is 0 Å². The van der Waals surface area contributed by atoms with Crippen molar-refractivity contribution >= 4 is 5.69 Å². The first-order chi connectivity index (χ1) is 6.68. The maximum absolute atomic E-state index is 11.0. The predicted octanol–water partition coefficient (Wildman–Crippen LogP) is 2.41. The number of anilines is 1. The highest BCUT2D eigenvalue weighted by Crippen LogP contribution is 2.27. The number of rotatable bonds is 3. The SMILES string of the molecule is CC(C)Nc1ccccc1-c1cc1=O. The van der Waals surface area contributed by atoms with Crippen LogP contribution in [0.25, 0.3) is 11.1 Å². The molecule has 0 aromatic heterocycles. The number of nitrogens with one attached hydrogen (secondary N) is 1. The number of para-hydroxylation sites is 1. The average Bonchev–Trinajstić information content (AvgIpc) is 2.82. The maximum atomic E-state index is 11.0. The molecular weight excluding hydrogens is 174 g/mol. The molecule has 1 N–H and O–H groups in total. The van der Waals surface area contributed by atoms with E-state index in [0.717, 1.165) is 16.8 Å². The first kappa shape index (κ1) is 9.00. The highest BCUT2D eigenvalue weighted by Gasteiger charge is 2.14. The molecule has 0 atom stereocenters. The summed E-state index contributed by atoms with van der Waals surface area (Å²) in [5.41, 5.74) is 3.06. The normalized spacial score (nSPS) is 11.1. The topological polar surface area (TPSA) is 29.1 Å². The van der Waals surface area contributed by atoms with Crippen molar-refractivity contribution in [3.63, 3.8) is 0 Å². The van der Waals surface area contributed by atoms with Crippen LogP contribution in [-0.2, 0) is 0 Å². The van der Waals surface area contributed by atoms with Crippen LogP contribution in [0, 0.1) is 0 Å². The van der Waals surface area contributed by atoms with Crippen molar-refractivity contribution in [1.29, 1.82) is 0 Å². The molecule has 0 unspecified atom stereocenters. The minimum atomic E-state index is 0.156. The summed E-state index contributed by atoms with van der Waals surface area (Å²) in [6, 6.07) is 9.95. The molecule has 0 saturated carbocycles. The fourth-order valence-corrected chi connectivity index (χ4v) is 1.46. The van der Waals surface area contributed by atoms with Crippen LogP contribution in [0.5, 0.6) is 0 Å². The largest absolute Gasteiger partial charge is 0.382 e. The van der Waals surface area contributed by atoms with Gasteiger partial charge in [0.1, 0.15) is 0 Å². The molecule has 14 heavy (non-hydrogen) atoms. The molecule has 0 aliphatic carbocycles. The summed E-state index contributed by atoms with van der Waals surface area (Å²) in [5.74, 6) is 0. The van der Waals surface area contributed by atoms with Gasteiger partial charge in [-0.2, -0.15) is 0 Å². The van der Waals surface area contributed by atoms with Crippen molar-refractivity contribution in [2.75, 3.05) is 5.32 Å². The lowest BCUT2D eigenvalue weighted by Gasteiger charge is -2.12. The van der Waals surface area contributed by atoms with Crippen molar-refractivity contribution in [2.45, 2.75) is 19.9 Å². The summed E-state index contributed by atoms with van der Waals surface area (Å²) < 4.78 is 0. The van der Waals surface area contributed by atoms with E-state index in [9.17, 15) is 4.79 Å². The van der Waals surface area contributed by atoms with Gasteiger partial charge in [-0.3, -0.25) is 4.79 Å². The second-order valence-corrected chi connectivity index (χ2v) is 3.77. The summed E-state index contributed by atoms with van der Waals surface area (Å²) in [4.78, 5) is 11.0. The Labute approximate surface area is 83.3 Å². The van der Waals surface area contributed by atoms with E-state index in [1.54, 1.807) is 6.07 Å². The van der Waals surface area contributed by atoms with Crippen LogP contribution < -0.4 is 10.7 Å². The molecular formula is C12H13NO. The fourth-order valence-electron chi connectivity index (χ4n) is 1.46. The van der Waals surface area contributed by atoms with Crippen LogP contribution in [0.15, 0.2) is 35.1 Å². The van der Waals surface area contributed by atoms with Gasteiger partial charge in [0.15, 0.2) is 5.43 Å². The molecule has 0 bridgehead atoms. The first-order valence-electron chi connectivity index (χ1n) is 4.80. The third-order valence-corrected chi connectivity index (χ3v) is 2.12. The van der Waals surface area contributed by atoms with E-state index >= 15 is 0 Å². The van der Waals surface area contributed by atoms with Gasteiger partial charge in [0.25, 0.3) is 0 Å². The van der Waals surface area contributed by atoms with Crippen LogP contribution in [-0.4, -0.2) is 6.04 Å². The van der Waals surface area contributed by atoms with Gasteiger partial charge in [0.05, 0.1) is 0 Å². The van der Waals surface area contributed by atoms with Gasteiger partial charge >= 0.3 is 0 Å². The predicted molar refractivity (Wildman–Crippen MR) is 59.3 cm³/mol. The summed E-state index contributed by atoms with van der Waals surface area (Å²) in [5, 5.41) is 3.32. The molecule has 2 aromatic rings. The highest BCUT2D eigenvalue weighted by molar-refractivity contribution is 5.81. The van der Waals surface area contributed by atoms with Crippen molar-refractivity contribution < 1.29 is 0 Å². The number of hydrogen-bond acceptors (Lipinski definition) is 2. The van der Waals surface area contributed by atoms with E-state index in [4.69, 9.17) is 0 Å². The van der Waals surface area contributed by atoms with E-state index in [1.165, 1.54) is 0 Å². The molecule has 2 nitrogen and oxygen atoms in total. The Morgan fingerprint density at radius 2 is 1.79 bits per heavy atom. The summed E-state index contributed by atoms with van der Waals surface area (Å²) in [7, 11) is 0. The lowest BCUT2D eigenvalue weighted by atomic mass is 10.1. The Hall–Kier alpha value is -1.57. The molecule has 2 rings (SSSR count). The van der Waals surface area contributed by atoms with Gasteiger partial charge in [-0.15, -0.1) is 0 Å². The summed E-state index contributed by atoms with van der Waals surface area (Å²) in [6.45, 7) is 4.17. The van der Waals surface area contributed by atoms with Gasteiger partial charge in [-0.05, 0) is 26.0 Å². The van der Waals surface area contributed by atoms with Crippen LogP contribution >= 0.6 is 0 Å². The molecule has 0 radical (unpaired) electrons. The van der Waals surface area contributed by atoms with Crippen molar-refractivity contribution in [1.82, 2.24) is 0 Å². The van der Waals surface area contributed by atoms with Gasteiger partial charge in [-0.25, -0.2) is 0 Å². The highest BCUT2D eigenvalue weighted by atomic mass is 16.1. The van der Waals surface area contributed by atoms with Gasteiger partial charge in [-0.1, -0.05) is 18.2 Å². The van der Waals surface area contributed by atoms with Gasteiger partial charge < -0.3 is 5.32 Å². The zero-order chi connectivity index (χ0) is 10.1.